The number of halogens is 1. The van der Waals surface area contributed by atoms with E-state index in [2.05, 4.69) is 10.1 Å². The molecule has 28 heavy (non-hydrogen) atoms. The molecule has 0 N–H and O–H groups in total. The van der Waals surface area contributed by atoms with Crippen molar-refractivity contribution in [2.45, 2.75) is 11.8 Å². The van der Waals surface area contributed by atoms with Gasteiger partial charge in [-0.3, -0.25) is 4.68 Å². The average molecular weight is 415 g/mol. The van der Waals surface area contributed by atoms with E-state index < -0.39 is 17.0 Å². The van der Waals surface area contributed by atoms with Gasteiger partial charge in [0.25, 0.3) is 10.0 Å². The van der Waals surface area contributed by atoms with Gasteiger partial charge in [0.1, 0.15) is 6.07 Å². The second kappa shape index (κ2) is 6.48. The highest BCUT2D eigenvalue weighted by atomic mass is 35.5. The van der Waals surface area contributed by atoms with Crippen LogP contribution in [0.5, 0.6) is 0 Å². The molecule has 0 aliphatic carbocycles. The average Bonchev–Trinajstić information content (AvgIpc) is 3.34. The molecule has 0 unspecified atom stereocenters. The molecular weight excluding hydrogens is 398 g/mol. The summed E-state index contributed by atoms with van der Waals surface area (Å²) in [5.41, 5.74) is 1.34. The highest BCUT2D eigenvalue weighted by Crippen LogP contribution is 2.35. The zero-order valence-electron chi connectivity index (χ0n) is 17.5. The lowest BCUT2D eigenvalue weighted by Gasteiger charge is -2.11. The highest BCUT2D eigenvalue weighted by Gasteiger charge is 2.27. The Bertz CT molecular complexity index is 1470. The summed E-state index contributed by atoms with van der Waals surface area (Å²) in [6.07, 6.45) is 3.67. The predicted molar refractivity (Wildman–Crippen MR) is 105 cm³/mol. The maximum atomic E-state index is 13.6. The van der Waals surface area contributed by atoms with Crippen LogP contribution in [0.3, 0.4) is 0 Å². The zero-order chi connectivity index (χ0) is 22.6. The lowest BCUT2D eigenvalue weighted by atomic mass is 10.2. The fourth-order valence-corrected chi connectivity index (χ4v) is 4.60. The number of hydrogen-bond donors (Lipinski definition) is 0. The van der Waals surface area contributed by atoms with Crippen molar-refractivity contribution in [2.75, 3.05) is 0 Å². The third kappa shape index (κ3) is 2.76. The molecule has 0 aliphatic heterocycles. The fraction of sp³-hybridized carbons (Fsp3) is 0.105. The largest absolute Gasteiger partial charge is 0.275 e. The van der Waals surface area contributed by atoms with Gasteiger partial charge in [-0.1, -0.05) is 29.3 Å². The molecule has 0 saturated heterocycles. The standard InChI is InChI=1S/C19H14ClN5O2S/c1-12-3-5-15(6-4-12)28(26,27)25-17(14-10-23-24(2)11-14)7-16-18(20)13(8-21)9-22-19(16)25/h3-7,9-11H,1-2H3/i2D3. The van der Waals surface area contributed by atoms with Crippen LogP contribution in [0, 0.1) is 18.3 Å². The number of nitrogens with zero attached hydrogens (tertiary/aromatic N) is 5. The summed E-state index contributed by atoms with van der Waals surface area (Å²) in [4.78, 5) is 4.18. The molecular formula is C19H14ClN5O2S. The zero-order valence-corrected chi connectivity index (χ0v) is 16.0. The maximum Gasteiger partial charge on any atom is 0.269 e. The number of rotatable bonds is 3. The first-order valence-corrected chi connectivity index (χ1v) is 9.83. The van der Waals surface area contributed by atoms with Crippen molar-refractivity contribution < 1.29 is 12.5 Å². The molecule has 3 heterocycles. The van der Waals surface area contributed by atoms with Crippen molar-refractivity contribution in [2.24, 2.45) is 6.98 Å². The van der Waals surface area contributed by atoms with Gasteiger partial charge < -0.3 is 0 Å². The van der Waals surface area contributed by atoms with Crippen LogP contribution in [0.15, 0.2) is 53.8 Å². The lowest BCUT2D eigenvalue weighted by molar-refractivity contribution is 0.589. The molecule has 0 fully saturated rings. The summed E-state index contributed by atoms with van der Waals surface area (Å²) in [5.74, 6) is 0. The van der Waals surface area contributed by atoms with E-state index in [1.807, 2.05) is 13.0 Å². The quantitative estimate of drug-likeness (QED) is 0.511. The smallest absolute Gasteiger partial charge is 0.269 e. The molecule has 0 aliphatic rings. The monoisotopic (exact) mass is 414 g/mol. The third-order valence-electron chi connectivity index (χ3n) is 4.28. The Hall–Kier alpha value is -3.15. The molecule has 9 heteroatoms. The molecule has 0 atom stereocenters. The molecule has 1 aromatic carbocycles. The van der Waals surface area contributed by atoms with Crippen molar-refractivity contribution in [1.82, 2.24) is 18.7 Å². The number of benzene rings is 1. The van der Waals surface area contributed by atoms with Crippen LogP contribution in [0.1, 0.15) is 15.2 Å². The van der Waals surface area contributed by atoms with Crippen molar-refractivity contribution in [1.29, 1.82) is 5.26 Å². The second-order valence-electron chi connectivity index (χ2n) is 6.12. The van der Waals surface area contributed by atoms with Crippen LogP contribution in [-0.2, 0) is 17.0 Å². The van der Waals surface area contributed by atoms with Crippen LogP contribution in [0.2, 0.25) is 5.02 Å². The molecule has 4 rings (SSSR count). The van der Waals surface area contributed by atoms with Crippen LogP contribution in [0.4, 0.5) is 0 Å². The molecule has 0 radical (unpaired) electrons. The summed E-state index contributed by atoms with van der Waals surface area (Å²) >= 11 is 6.33. The molecule has 0 spiro atoms. The summed E-state index contributed by atoms with van der Waals surface area (Å²) < 4.78 is 51.4. The van der Waals surface area contributed by atoms with E-state index in [1.54, 1.807) is 12.1 Å². The van der Waals surface area contributed by atoms with Gasteiger partial charge in [0.05, 0.1) is 27.4 Å². The highest BCUT2D eigenvalue weighted by molar-refractivity contribution is 7.90. The lowest BCUT2D eigenvalue weighted by Crippen LogP contribution is -2.14. The number of pyridine rings is 1. The van der Waals surface area contributed by atoms with Gasteiger partial charge in [-0.25, -0.2) is 17.4 Å². The first kappa shape index (κ1) is 14.9. The topological polar surface area (TPSA) is 93.6 Å². The van der Waals surface area contributed by atoms with Gasteiger partial charge in [-0.15, -0.1) is 0 Å². The van der Waals surface area contributed by atoms with Gasteiger partial charge in [0.15, 0.2) is 5.65 Å². The van der Waals surface area contributed by atoms with E-state index in [9.17, 15) is 13.7 Å². The van der Waals surface area contributed by atoms with Crippen molar-refractivity contribution >= 4 is 32.7 Å². The summed E-state index contributed by atoms with van der Waals surface area (Å²) in [6, 6.07) is 9.64. The second-order valence-corrected chi connectivity index (χ2v) is 8.29. The van der Waals surface area contributed by atoms with Crippen molar-refractivity contribution in [3.05, 3.63) is 65.1 Å². The molecule has 0 bridgehead atoms. The van der Waals surface area contributed by atoms with Gasteiger partial charge in [-0.2, -0.15) is 10.4 Å². The first-order valence-electron chi connectivity index (χ1n) is 9.52. The number of hydrogen-bond acceptors (Lipinski definition) is 5. The van der Waals surface area contributed by atoms with E-state index in [-0.39, 0.29) is 37.8 Å². The van der Waals surface area contributed by atoms with Crippen LogP contribution in [-0.4, -0.2) is 27.2 Å². The summed E-state index contributed by atoms with van der Waals surface area (Å²) in [6.45, 7) is -0.699. The van der Waals surface area contributed by atoms with Gasteiger partial charge in [0, 0.05) is 34.4 Å². The number of aromatic nitrogens is 4. The molecule has 0 saturated carbocycles. The first-order chi connectivity index (χ1) is 14.5. The maximum absolute atomic E-state index is 13.6. The van der Waals surface area contributed by atoms with E-state index in [0.29, 0.717) is 0 Å². The minimum absolute atomic E-state index is 0.0150. The van der Waals surface area contributed by atoms with Gasteiger partial charge in [0.2, 0.25) is 0 Å². The Morgan fingerprint density at radius 2 is 2.00 bits per heavy atom. The van der Waals surface area contributed by atoms with E-state index >= 15 is 0 Å². The number of nitriles is 1. The normalized spacial score (nSPS) is 13.7. The molecule has 4 aromatic rings. The van der Waals surface area contributed by atoms with Crippen molar-refractivity contribution in [3.8, 4) is 17.3 Å². The van der Waals surface area contributed by atoms with E-state index in [0.717, 1.165) is 14.2 Å². The summed E-state index contributed by atoms with van der Waals surface area (Å²) in [5, 5.41) is 13.4. The third-order valence-corrected chi connectivity index (χ3v) is 6.41. The molecule has 3 aromatic heterocycles. The van der Waals surface area contributed by atoms with Crippen LogP contribution < -0.4 is 0 Å². The minimum Gasteiger partial charge on any atom is -0.275 e. The Balaban J connectivity index is 2.06. The Morgan fingerprint density at radius 3 is 2.64 bits per heavy atom. The van der Waals surface area contributed by atoms with Crippen molar-refractivity contribution in [3.63, 3.8) is 0 Å². The van der Waals surface area contributed by atoms with Gasteiger partial charge in [-0.05, 0) is 25.1 Å². The molecule has 7 nitrogen and oxygen atoms in total. The SMILES string of the molecule is [2H]C([2H])([2H])n1cc(-c2cc3c(Cl)c(C#N)cnc3n2S(=O)(=O)c2ccc(C)cc2)cn1. The Kier molecular flexibility index (Phi) is 3.44. The van der Waals surface area contributed by atoms with Crippen LogP contribution >= 0.6 is 11.6 Å². The van der Waals surface area contributed by atoms with E-state index in [1.165, 1.54) is 36.8 Å². The van der Waals surface area contributed by atoms with Crippen LogP contribution in [0.25, 0.3) is 22.3 Å². The predicted octanol–water partition coefficient (Wildman–Crippen LogP) is 3.51. The van der Waals surface area contributed by atoms with E-state index in [4.69, 9.17) is 15.7 Å². The molecule has 140 valence electrons. The Morgan fingerprint density at radius 1 is 1.25 bits per heavy atom. The Labute approximate surface area is 170 Å². The fourth-order valence-electron chi connectivity index (χ4n) is 2.89. The van der Waals surface area contributed by atoms with Gasteiger partial charge >= 0.3 is 0 Å². The minimum atomic E-state index is -4.15. The molecule has 0 amide bonds. The number of fused-ring (bicyclic) bond motifs is 1. The summed E-state index contributed by atoms with van der Waals surface area (Å²) in [7, 11) is -4.15. The number of aryl methyl sites for hydroxylation is 2.